The smallest absolute Gasteiger partial charge is 0.289 e. The zero-order valence-electron chi connectivity index (χ0n) is 15.3. The predicted octanol–water partition coefficient (Wildman–Crippen LogP) is 4.42. The van der Waals surface area contributed by atoms with Crippen LogP contribution in [0.4, 0.5) is 5.69 Å². The van der Waals surface area contributed by atoms with Gasteiger partial charge in [-0.1, -0.05) is 17.4 Å². The van der Waals surface area contributed by atoms with Crippen molar-refractivity contribution in [3.63, 3.8) is 0 Å². The fourth-order valence-electron chi connectivity index (χ4n) is 3.01. The van der Waals surface area contributed by atoms with E-state index in [4.69, 9.17) is 4.74 Å². The van der Waals surface area contributed by atoms with Gasteiger partial charge in [0, 0.05) is 29.3 Å². The second-order valence-electron chi connectivity index (χ2n) is 6.21. The molecule has 0 radical (unpaired) electrons. The number of amides is 1. The van der Waals surface area contributed by atoms with Gasteiger partial charge in [0.1, 0.15) is 11.3 Å². The highest BCUT2D eigenvalue weighted by Gasteiger charge is 2.15. The molecule has 1 amide bonds. The van der Waals surface area contributed by atoms with E-state index in [1.165, 1.54) is 34.8 Å². The lowest BCUT2D eigenvalue weighted by molar-refractivity contribution is -0.384. The summed E-state index contributed by atoms with van der Waals surface area (Å²) in [5.74, 6) is 0.352. The minimum atomic E-state index is -0.449. The van der Waals surface area contributed by atoms with Crippen LogP contribution in [0.5, 0.6) is 5.75 Å². The van der Waals surface area contributed by atoms with Gasteiger partial charge in [-0.2, -0.15) is 4.99 Å². The summed E-state index contributed by atoms with van der Waals surface area (Å²) in [5, 5.41) is 11.6. The van der Waals surface area contributed by atoms with Gasteiger partial charge in [0.25, 0.3) is 11.6 Å². The van der Waals surface area contributed by atoms with E-state index in [1.54, 1.807) is 19.2 Å². The van der Waals surface area contributed by atoms with Gasteiger partial charge in [0.05, 0.1) is 21.6 Å². The second kappa shape index (κ2) is 6.84. The van der Waals surface area contributed by atoms with Gasteiger partial charge in [-0.3, -0.25) is 14.9 Å². The predicted molar refractivity (Wildman–Crippen MR) is 110 cm³/mol. The zero-order chi connectivity index (χ0) is 20.0. The van der Waals surface area contributed by atoms with E-state index in [0.29, 0.717) is 15.1 Å². The average Bonchev–Trinajstić information content (AvgIpc) is 3.24. The fourth-order valence-corrected chi connectivity index (χ4v) is 5.04. The molecule has 0 fully saturated rings. The van der Waals surface area contributed by atoms with Crippen molar-refractivity contribution in [2.75, 3.05) is 7.11 Å². The fraction of sp³-hybridized carbons (Fsp3) is 0.158. The maximum atomic E-state index is 12.7. The molecular weight excluding hydrogens is 398 g/mol. The monoisotopic (exact) mass is 413 g/mol. The van der Waals surface area contributed by atoms with E-state index in [9.17, 15) is 14.9 Å². The number of nitro benzene ring substituents is 1. The van der Waals surface area contributed by atoms with E-state index in [2.05, 4.69) is 4.99 Å². The first-order chi connectivity index (χ1) is 13.4. The van der Waals surface area contributed by atoms with Crippen molar-refractivity contribution in [1.82, 2.24) is 4.57 Å². The first-order valence-electron chi connectivity index (χ1n) is 8.29. The number of nitro groups is 1. The highest BCUT2D eigenvalue weighted by molar-refractivity contribution is 7.21. The molecule has 142 valence electrons. The Morgan fingerprint density at radius 1 is 1.21 bits per heavy atom. The third-order valence-corrected chi connectivity index (χ3v) is 6.82. The van der Waals surface area contributed by atoms with Crippen LogP contribution in [0.3, 0.4) is 0 Å². The lowest BCUT2D eigenvalue weighted by atomic mass is 10.2. The van der Waals surface area contributed by atoms with Crippen LogP contribution in [0, 0.1) is 17.0 Å². The number of hydrogen-bond acceptors (Lipinski definition) is 6. The average molecular weight is 413 g/mol. The van der Waals surface area contributed by atoms with E-state index in [0.717, 1.165) is 26.2 Å². The van der Waals surface area contributed by atoms with Crippen molar-refractivity contribution < 1.29 is 14.5 Å². The highest BCUT2D eigenvalue weighted by Crippen LogP contribution is 2.31. The third kappa shape index (κ3) is 2.98. The molecule has 0 saturated heterocycles. The van der Waals surface area contributed by atoms with Gasteiger partial charge in [-0.05, 0) is 30.7 Å². The SMILES string of the molecule is COc1ccc(C)c2sc(=NC(=O)c3cc4cc([N+](=O)[O-])ccc4s3)n(C)c12. The molecule has 9 heteroatoms. The Balaban J connectivity index is 1.82. The molecule has 2 heterocycles. The number of carbonyl (C=O) groups excluding carboxylic acids is 1. The van der Waals surface area contributed by atoms with Gasteiger partial charge >= 0.3 is 0 Å². The molecule has 0 aliphatic rings. The largest absolute Gasteiger partial charge is 0.495 e. The van der Waals surface area contributed by atoms with Crippen LogP contribution in [-0.4, -0.2) is 22.5 Å². The van der Waals surface area contributed by atoms with E-state index in [-0.39, 0.29) is 11.6 Å². The summed E-state index contributed by atoms with van der Waals surface area (Å²) in [7, 11) is 3.46. The number of ether oxygens (including phenoxy) is 1. The number of aryl methyl sites for hydroxylation is 2. The molecule has 0 N–H and O–H groups in total. The number of nitrogens with zero attached hydrogens (tertiary/aromatic N) is 3. The van der Waals surface area contributed by atoms with Crippen LogP contribution in [0.15, 0.2) is 41.4 Å². The third-order valence-electron chi connectivity index (χ3n) is 4.45. The summed E-state index contributed by atoms with van der Waals surface area (Å²) < 4.78 is 9.11. The molecule has 0 unspecified atom stereocenters. The Hall–Kier alpha value is -3.04. The number of non-ortho nitro benzene ring substituents is 1. The number of methoxy groups -OCH3 is 1. The molecule has 4 aromatic rings. The number of thiazole rings is 1. The highest BCUT2D eigenvalue weighted by atomic mass is 32.1. The van der Waals surface area contributed by atoms with Gasteiger partial charge in [-0.15, -0.1) is 11.3 Å². The van der Waals surface area contributed by atoms with Crippen molar-refractivity contribution in [2.45, 2.75) is 6.92 Å². The van der Waals surface area contributed by atoms with Gasteiger partial charge < -0.3 is 9.30 Å². The maximum Gasteiger partial charge on any atom is 0.289 e. The van der Waals surface area contributed by atoms with Crippen LogP contribution >= 0.6 is 22.7 Å². The summed E-state index contributed by atoms with van der Waals surface area (Å²) >= 11 is 2.70. The number of benzene rings is 2. The van der Waals surface area contributed by atoms with Gasteiger partial charge in [-0.25, -0.2) is 0 Å². The maximum absolute atomic E-state index is 12.7. The quantitative estimate of drug-likeness (QED) is 0.367. The lowest BCUT2D eigenvalue weighted by Gasteiger charge is -2.05. The van der Waals surface area contributed by atoms with Crippen LogP contribution < -0.4 is 9.54 Å². The normalized spacial score (nSPS) is 12.0. The summed E-state index contributed by atoms with van der Waals surface area (Å²) in [5.41, 5.74) is 1.98. The number of aromatic nitrogens is 1. The topological polar surface area (TPSA) is 86.7 Å². The van der Waals surface area contributed by atoms with Crippen molar-refractivity contribution in [3.05, 3.63) is 61.8 Å². The van der Waals surface area contributed by atoms with Crippen LogP contribution in [0.1, 0.15) is 15.2 Å². The minimum absolute atomic E-state index is 0.000264. The van der Waals surface area contributed by atoms with Crippen molar-refractivity contribution in [1.29, 1.82) is 0 Å². The lowest BCUT2D eigenvalue weighted by Crippen LogP contribution is -2.13. The molecule has 0 aliphatic heterocycles. The molecule has 0 aliphatic carbocycles. The Labute approximate surface area is 167 Å². The molecular formula is C19H15N3O4S2. The van der Waals surface area contributed by atoms with Crippen LogP contribution in [-0.2, 0) is 7.05 Å². The zero-order valence-corrected chi connectivity index (χ0v) is 16.9. The number of rotatable bonds is 3. The number of fused-ring (bicyclic) bond motifs is 2. The Morgan fingerprint density at radius 3 is 2.71 bits per heavy atom. The molecule has 0 bridgehead atoms. The van der Waals surface area contributed by atoms with Crippen LogP contribution in [0.25, 0.3) is 20.3 Å². The summed E-state index contributed by atoms with van der Waals surface area (Å²) in [4.78, 5) is 28.5. The van der Waals surface area contributed by atoms with E-state index < -0.39 is 4.92 Å². The molecule has 0 atom stereocenters. The molecule has 0 saturated carbocycles. The molecule has 2 aromatic carbocycles. The minimum Gasteiger partial charge on any atom is -0.495 e. The summed E-state index contributed by atoms with van der Waals surface area (Å²) in [6.45, 7) is 2.00. The van der Waals surface area contributed by atoms with Crippen molar-refractivity contribution in [3.8, 4) is 5.75 Å². The van der Waals surface area contributed by atoms with E-state index >= 15 is 0 Å². The first-order valence-corrected chi connectivity index (χ1v) is 9.92. The van der Waals surface area contributed by atoms with E-state index in [1.807, 2.05) is 30.7 Å². The van der Waals surface area contributed by atoms with Crippen LogP contribution in [0.2, 0.25) is 0 Å². The number of thiophene rings is 1. The standard InChI is InChI=1S/C19H15N3O4S2/c1-10-4-6-13(26-3)16-17(10)28-19(21(16)2)20-18(23)15-9-11-8-12(22(24)25)5-7-14(11)27-15/h4-9H,1-3H3. The number of hydrogen-bond donors (Lipinski definition) is 0. The number of carbonyl (C=O) groups is 1. The molecule has 4 rings (SSSR count). The first kappa shape index (κ1) is 18.3. The molecule has 7 nitrogen and oxygen atoms in total. The Bertz CT molecular complexity index is 1330. The second-order valence-corrected chi connectivity index (χ2v) is 8.27. The molecule has 28 heavy (non-hydrogen) atoms. The summed E-state index contributed by atoms with van der Waals surface area (Å²) in [6.07, 6.45) is 0. The molecule has 0 spiro atoms. The Kier molecular flexibility index (Phi) is 4.48. The van der Waals surface area contributed by atoms with Gasteiger partial charge in [0.2, 0.25) is 0 Å². The molecule has 2 aromatic heterocycles. The van der Waals surface area contributed by atoms with Crippen molar-refractivity contribution >= 4 is 54.6 Å². The summed E-state index contributed by atoms with van der Waals surface area (Å²) in [6, 6.07) is 10.1. The Morgan fingerprint density at radius 2 is 2.00 bits per heavy atom. The van der Waals surface area contributed by atoms with Crippen molar-refractivity contribution in [2.24, 2.45) is 12.0 Å². The van der Waals surface area contributed by atoms with Gasteiger partial charge in [0.15, 0.2) is 4.80 Å².